The van der Waals surface area contributed by atoms with Crippen LogP contribution in [0.3, 0.4) is 0 Å². The highest BCUT2D eigenvalue weighted by Crippen LogP contribution is 2.38. The molecule has 1 aromatic carbocycles. The Balaban J connectivity index is 2.45. The molecule has 0 unspecified atom stereocenters. The zero-order valence-corrected chi connectivity index (χ0v) is 11.3. The molecule has 6 nitrogen and oxygen atoms in total. The van der Waals surface area contributed by atoms with Crippen LogP contribution < -0.4 is 10.1 Å². The third kappa shape index (κ3) is 3.60. The van der Waals surface area contributed by atoms with Gasteiger partial charge in [0.2, 0.25) is 11.0 Å². The smallest absolute Gasteiger partial charge is 0.493 e. The number of nitrogens with zero attached hydrogens (tertiary/aromatic N) is 2. The Kier molecular flexibility index (Phi) is 3.98. The van der Waals surface area contributed by atoms with E-state index in [4.69, 9.17) is 12.2 Å². The average molecular weight is 318 g/mol. The summed E-state index contributed by atoms with van der Waals surface area (Å²) in [5.74, 6) is -0.765. The van der Waals surface area contributed by atoms with Gasteiger partial charge in [0.05, 0.1) is 5.52 Å². The Labute approximate surface area is 121 Å². The molecular formula is C11H9F3N4O2S. The van der Waals surface area contributed by atoms with Gasteiger partial charge in [0, 0.05) is 12.4 Å². The first-order valence-electron chi connectivity index (χ1n) is 5.54. The summed E-state index contributed by atoms with van der Waals surface area (Å²) in [4.78, 5) is 2.56. The second kappa shape index (κ2) is 5.56. The maximum absolute atomic E-state index is 12.2. The number of benzene rings is 1. The Morgan fingerprint density at radius 2 is 2.14 bits per heavy atom. The van der Waals surface area contributed by atoms with Crippen molar-refractivity contribution in [1.29, 1.82) is 0 Å². The maximum Gasteiger partial charge on any atom is 0.573 e. The topological polar surface area (TPSA) is 82.0 Å². The lowest BCUT2D eigenvalue weighted by Gasteiger charge is -2.08. The quantitative estimate of drug-likeness (QED) is 0.586. The molecule has 0 bridgehead atoms. The number of aromatic nitrogens is 1. The van der Waals surface area contributed by atoms with E-state index < -0.39 is 12.1 Å². The van der Waals surface area contributed by atoms with Crippen LogP contribution in [-0.4, -0.2) is 28.6 Å². The molecule has 0 saturated heterocycles. The van der Waals surface area contributed by atoms with E-state index in [1.54, 1.807) is 0 Å². The third-order valence-electron chi connectivity index (χ3n) is 2.41. The number of ether oxygens (including phenoxy) is 1. The molecule has 0 fully saturated rings. The first kappa shape index (κ1) is 15.0. The summed E-state index contributed by atoms with van der Waals surface area (Å²) in [7, 11) is 1.53. The van der Waals surface area contributed by atoms with Gasteiger partial charge in [-0.2, -0.15) is 0 Å². The molecule has 112 valence electrons. The van der Waals surface area contributed by atoms with Gasteiger partial charge < -0.3 is 20.1 Å². The minimum absolute atomic E-state index is 0.0322. The molecule has 0 amide bonds. The normalized spacial score (nSPS) is 12.0. The van der Waals surface area contributed by atoms with E-state index in [1.807, 2.05) is 0 Å². The average Bonchev–Trinajstić information content (AvgIpc) is 2.69. The number of hydrogen-bond acceptors (Lipinski definition) is 4. The summed E-state index contributed by atoms with van der Waals surface area (Å²) in [5.41, 5.74) is 0.349. The highest BCUT2D eigenvalue weighted by atomic mass is 32.1. The molecule has 0 spiro atoms. The fraction of sp³-hybridized carbons (Fsp3) is 0.182. The van der Waals surface area contributed by atoms with E-state index in [0.717, 1.165) is 12.1 Å². The van der Waals surface area contributed by atoms with E-state index in [-0.39, 0.29) is 22.1 Å². The van der Waals surface area contributed by atoms with Crippen LogP contribution in [-0.2, 0) is 0 Å². The number of rotatable bonds is 2. The van der Waals surface area contributed by atoms with Crippen molar-refractivity contribution in [2.75, 3.05) is 7.05 Å². The van der Waals surface area contributed by atoms with E-state index in [1.165, 1.54) is 13.1 Å². The Hall–Kier alpha value is -2.36. The van der Waals surface area contributed by atoms with Gasteiger partial charge in [0.1, 0.15) is 5.75 Å². The van der Waals surface area contributed by atoms with Crippen LogP contribution in [0.15, 0.2) is 28.4 Å². The van der Waals surface area contributed by atoms with Crippen LogP contribution in [0.5, 0.6) is 11.6 Å². The molecule has 2 aromatic rings. The van der Waals surface area contributed by atoms with Crippen LogP contribution in [0.25, 0.3) is 10.9 Å². The Morgan fingerprint density at radius 3 is 2.76 bits per heavy atom. The molecule has 21 heavy (non-hydrogen) atoms. The van der Waals surface area contributed by atoms with E-state index in [2.05, 4.69) is 25.3 Å². The van der Waals surface area contributed by atoms with Crippen LogP contribution in [0.1, 0.15) is 0 Å². The zero-order valence-electron chi connectivity index (χ0n) is 10.5. The monoisotopic (exact) mass is 318 g/mol. The molecule has 1 aromatic heterocycles. The van der Waals surface area contributed by atoms with Crippen molar-refractivity contribution in [2.24, 2.45) is 10.2 Å². The minimum Gasteiger partial charge on any atom is -0.493 e. The molecule has 0 radical (unpaired) electrons. The van der Waals surface area contributed by atoms with Crippen LogP contribution in [0, 0.1) is 0 Å². The molecule has 1 heterocycles. The molecule has 2 rings (SSSR count). The van der Waals surface area contributed by atoms with Gasteiger partial charge in [-0.1, -0.05) is 0 Å². The van der Waals surface area contributed by atoms with Gasteiger partial charge >= 0.3 is 6.36 Å². The van der Waals surface area contributed by atoms with Gasteiger partial charge in [-0.05, 0) is 30.4 Å². The summed E-state index contributed by atoms with van der Waals surface area (Å²) in [6.07, 6.45) is -4.80. The summed E-state index contributed by atoms with van der Waals surface area (Å²) in [5, 5.41) is 19.8. The van der Waals surface area contributed by atoms with E-state index in [9.17, 15) is 18.3 Å². The Bertz CT molecular complexity index is 711. The number of alkyl halides is 3. The van der Waals surface area contributed by atoms with Crippen molar-refractivity contribution in [3.05, 3.63) is 18.2 Å². The number of halogens is 3. The number of hydrogen-bond donors (Lipinski definition) is 3. The number of H-pyrrole nitrogens is 1. The van der Waals surface area contributed by atoms with Crippen LogP contribution >= 0.6 is 12.2 Å². The van der Waals surface area contributed by atoms with E-state index in [0.29, 0.717) is 5.52 Å². The predicted octanol–water partition coefficient (Wildman–Crippen LogP) is 3.36. The lowest BCUT2D eigenvalue weighted by molar-refractivity contribution is -0.274. The molecule has 0 aliphatic rings. The van der Waals surface area contributed by atoms with Crippen molar-refractivity contribution in [1.82, 2.24) is 10.3 Å². The van der Waals surface area contributed by atoms with Gasteiger partial charge in [-0.3, -0.25) is 0 Å². The summed E-state index contributed by atoms with van der Waals surface area (Å²) >= 11 is 4.75. The van der Waals surface area contributed by atoms with Crippen molar-refractivity contribution < 1.29 is 23.0 Å². The Morgan fingerprint density at radius 1 is 1.43 bits per heavy atom. The second-order valence-corrected chi connectivity index (χ2v) is 4.22. The molecule has 3 N–H and O–H groups in total. The summed E-state index contributed by atoms with van der Waals surface area (Å²) in [6.45, 7) is 0. The number of aromatic amines is 1. The summed E-state index contributed by atoms with van der Waals surface area (Å²) in [6, 6.07) is 3.53. The molecule has 0 aliphatic heterocycles. The second-order valence-electron chi connectivity index (χ2n) is 3.83. The van der Waals surface area contributed by atoms with Crippen molar-refractivity contribution in [3.63, 3.8) is 0 Å². The standard InChI is InChI=1S/C11H9F3N4O2S/c1-15-10(21)18-17-8-6-4-5(20-11(12,13)14)2-3-7(6)16-9(8)19/h2-4,16,19H,1H3,(H,15,21). The number of fused-ring (bicyclic) bond motifs is 1. The lowest BCUT2D eigenvalue weighted by atomic mass is 10.2. The van der Waals surface area contributed by atoms with Crippen molar-refractivity contribution >= 4 is 33.9 Å². The molecule has 0 atom stereocenters. The highest BCUT2D eigenvalue weighted by Gasteiger charge is 2.31. The van der Waals surface area contributed by atoms with Gasteiger partial charge in [0.15, 0.2) is 5.69 Å². The van der Waals surface area contributed by atoms with Gasteiger partial charge in [-0.15, -0.1) is 23.4 Å². The summed E-state index contributed by atoms with van der Waals surface area (Å²) < 4.78 is 40.4. The third-order valence-corrected chi connectivity index (χ3v) is 2.70. The lowest BCUT2D eigenvalue weighted by Crippen LogP contribution is -2.16. The fourth-order valence-corrected chi connectivity index (χ4v) is 1.63. The van der Waals surface area contributed by atoms with E-state index >= 15 is 0 Å². The first-order valence-corrected chi connectivity index (χ1v) is 5.95. The fourth-order valence-electron chi connectivity index (χ4n) is 1.59. The number of nitrogens with one attached hydrogen (secondary N) is 2. The number of aromatic hydroxyl groups is 1. The van der Waals surface area contributed by atoms with Crippen molar-refractivity contribution in [2.45, 2.75) is 6.36 Å². The predicted molar refractivity (Wildman–Crippen MR) is 72.8 cm³/mol. The molecule has 0 saturated carbocycles. The first-order chi connectivity index (χ1) is 9.80. The SMILES string of the molecule is CNC(=S)N=Nc1c(O)[nH]c2ccc(OC(F)(F)F)cc12. The zero-order chi connectivity index (χ0) is 15.6. The largest absolute Gasteiger partial charge is 0.573 e. The molecular weight excluding hydrogens is 309 g/mol. The number of thiocarbonyl (C=S) groups is 1. The highest BCUT2D eigenvalue weighted by molar-refractivity contribution is 7.80. The maximum atomic E-state index is 12.2. The van der Waals surface area contributed by atoms with Gasteiger partial charge in [-0.25, -0.2) is 0 Å². The van der Waals surface area contributed by atoms with Gasteiger partial charge in [0.25, 0.3) is 0 Å². The van der Waals surface area contributed by atoms with Crippen LogP contribution in [0.4, 0.5) is 18.9 Å². The minimum atomic E-state index is -4.80. The molecule has 0 aliphatic carbocycles. The molecule has 10 heteroatoms. The number of azo groups is 1. The van der Waals surface area contributed by atoms with Crippen LogP contribution in [0.2, 0.25) is 0 Å². The van der Waals surface area contributed by atoms with Crippen molar-refractivity contribution in [3.8, 4) is 11.6 Å².